The van der Waals surface area contributed by atoms with E-state index in [0.29, 0.717) is 12.3 Å². The number of hydrogen-bond donors (Lipinski definition) is 0. The quantitative estimate of drug-likeness (QED) is 0.415. The molecule has 0 radical (unpaired) electrons. The molecule has 0 amide bonds. The molecule has 1 aromatic carbocycles. The van der Waals surface area contributed by atoms with E-state index in [4.69, 9.17) is 0 Å². The van der Waals surface area contributed by atoms with Gasteiger partial charge < -0.3 is 24.5 Å². The Labute approximate surface area is 259 Å². The fourth-order valence-electron chi connectivity index (χ4n) is 9.20. The number of piperazine rings is 2. The highest BCUT2D eigenvalue weighted by atomic mass is 79.9. The van der Waals surface area contributed by atoms with Crippen LogP contribution in [0.1, 0.15) is 24.0 Å². The van der Waals surface area contributed by atoms with Crippen LogP contribution in [0.3, 0.4) is 0 Å². The van der Waals surface area contributed by atoms with E-state index in [2.05, 4.69) is 76.6 Å². The second kappa shape index (κ2) is 9.66. The highest BCUT2D eigenvalue weighted by molar-refractivity contribution is 8.93. The third-order valence-electron chi connectivity index (χ3n) is 10.8. The normalized spacial score (nSPS) is 30.8. The first-order valence-electron chi connectivity index (χ1n) is 14.9. The highest BCUT2D eigenvalue weighted by Gasteiger charge is 2.69. The van der Waals surface area contributed by atoms with E-state index in [1.54, 1.807) is 11.6 Å². The van der Waals surface area contributed by atoms with E-state index in [-0.39, 0.29) is 39.5 Å². The molecule has 8 heterocycles. The Morgan fingerprint density at radius 2 is 1.10 bits per heavy atom. The summed E-state index contributed by atoms with van der Waals surface area (Å²) in [5.41, 5.74) is 5.34. The summed E-state index contributed by atoms with van der Waals surface area (Å²) in [5.74, 6) is 3.12. The average Bonchev–Trinajstić information content (AvgIpc) is 3.33. The summed E-state index contributed by atoms with van der Waals surface area (Å²) in [6.07, 6.45) is 3.58. The summed E-state index contributed by atoms with van der Waals surface area (Å²) in [6, 6.07) is 8.87. The Morgan fingerprint density at radius 1 is 0.600 bits per heavy atom. The van der Waals surface area contributed by atoms with Crippen molar-refractivity contribution in [1.82, 2.24) is 39.2 Å². The van der Waals surface area contributed by atoms with Gasteiger partial charge in [-0.05, 0) is 24.0 Å². The molecule has 9 aliphatic rings. The second-order valence-electron chi connectivity index (χ2n) is 12.5. The molecule has 1 aliphatic carbocycles. The Kier molecular flexibility index (Phi) is 6.55. The van der Waals surface area contributed by atoms with Gasteiger partial charge in [0.2, 0.25) is 0 Å². The van der Waals surface area contributed by atoms with Gasteiger partial charge in [0.05, 0.1) is 6.17 Å². The van der Waals surface area contributed by atoms with Crippen molar-refractivity contribution < 1.29 is 0 Å². The summed E-state index contributed by atoms with van der Waals surface area (Å²) in [7, 11) is 0. The van der Waals surface area contributed by atoms with Crippen LogP contribution in [0.25, 0.3) is 0 Å². The first-order valence-corrected chi connectivity index (χ1v) is 14.9. The Balaban J connectivity index is 0.000000132. The summed E-state index contributed by atoms with van der Waals surface area (Å²) in [6.45, 7) is 24.6. The van der Waals surface area contributed by atoms with Gasteiger partial charge in [-0.1, -0.05) is 37.4 Å². The van der Waals surface area contributed by atoms with Gasteiger partial charge in [0.25, 0.3) is 0 Å². The largest absolute Gasteiger partial charge is 0.353 e. The third-order valence-corrected chi connectivity index (χ3v) is 10.8. The molecule has 2 atom stereocenters. The van der Waals surface area contributed by atoms with Crippen LogP contribution in [0.4, 0.5) is 0 Å². The molecule has 6 saturated heterocycles. The number of hydrogen-bond acceptors (Lipinski definition) is 8. The minimum absolute atomic E-state index is 0. The van der Waals surface area contributed by atoms with E-state index in [0.717, 1.165) is 13.1 Å². The molecule has 216 valence electrons. The Hall–Kier alpha value is -1.72. The first kappa shape index (κ1) is 27.1. The molecule has 0 saturated carbocycles. The third kappa shape index (κ3) is 3.40. The zero-order valence-corrected chi connectivity index (χ0v) is 26.8. The van der Waals surface area contributed by atoms with Crippen molar-refractivity contribution in [3.63, 3.8) is 0 Å². The molecule has 8 aliphatic heterocycles. The zero-order chi connectivity index (χ0) is 25.2. The number of halogens is 2. The van der Waals surface area contributed by atoms with E-state index in [1.165, 1.54) is 107 Å². The molecule has 6 fully saturated rings. The van der Waals surface area contributed by atoms with Crippen molar-refractivity contribution >= 4 is 34.0 Å². The van der Waals surface area contributed by atoms with Crippen molar-refractivity contribution in [2.24, 2.45) is 0 Å². The van der Waals surface area contributed by atoms with E-state index in [9.17, 15) is 0 Å². The molecular weight excluding hydrogens is 632 g/mol. The van der Waals surface area contributed by atoms with Gasteiger partial charge in [-0.3, -0.25) is 14.7 Å². The van der Waals surface area contributed by atoms with Crippen LogP contribution in [-0.2, 0) is 5.54 Å². The van der Waals surface area contributed by atoms with Crippen LogP contribution in [0.15, 0.2) is 60.5 Å². The molecule has 0 N–H and O–H groups in total. The van der Waals surface area contributed by atoms with E-state index in [1.807, 2.05) is 0 Å². The van der Waals surface area contributed by atoms with Crippen LogP contribution in [0, 0.1) is 0 Å². The standard InChI is InChI=1S/C18H20N4.C12H20N4.2BrH/c1-12-11-20-8-7-19-9-10-21-17(16(19)20)22(12)13(2)18(21)14-5-3-4-6-15(14)18;1-3-13-7-9-15-5-2-6-16-10-8-14(4-1)11(13)12(15)16;;/h3-6,16-17H,1-2,7-11H2;1-10H2;2*1H. The van der Waals surface area contributed by atoms with Gasteiger partial charge in [0.15, 0.2) is 0 Å². The lowest BCUT2D eigenvalue weighted by atomic mass is 10.1. The molecule has 2 unspecified atom stereocenters. The smallest absolute Gasteiger partial charge is 0.146 e. The van der Waals surface area contributed by atoms with Crippen molar-refractivity contribution in [2.45, 2.75) is 30.7 Å². The highest BCUT2D eigenvalue weighted by Crippen LogP contribution is 2.64. The molecule has 1 aromatic rings. The number of benzene rings is 1. The van der Waals surface area contributed by atoms with Gasteiger partial charge in [-0.25, -0.2) is 0 Å². The number of rotatable bonds is 0. The molecule has 10 heteroatoms. The lowest BCUT2D eigenvalue weighted by Gasteiger charge is -2.55. The topological polar surface area (TPSA) is 25.9 Å². The first-order chi connectivity index (χ1) is 18.7. The molecular formula is C30H42Br2N8. The molecule has 8 nitrogen and oxygen atoms in total. The number of fused-ring (bicyclic) bond motifs is 4. The maximum Gasteiger partial charge on any atom is 0.146 e. The predicted octanol–water partition coefficient (Wildman–Crippen LogP) is 2.50. The second-order valence-corrected chi connectivity index (χ2v) is 12.5. The van der Waals surface area contributed by atoms with Crippen LogP contribution in [-0.4, -0.2) is 137 Å². The fraction of sp³-hybridized carbons (Fsp3) is 0.600. The zero-order valence-electron chi connectivity index (χ0n) is 23.4. The van der Waals surface area contributed by atoms with Gasteiger partial charge >= 0.3 is 0 Å². The summed E-state index contributed by atoms with van der Waals surface area (Å²) in [5, 5.41) is 0. The molecule has 1 spiro atoms. The number of nitrogens with zero attached hydrogens (tertiary/aromatic N) is 8. The minimum Gasteiger partial charge on any atom is -0.353 e. The summed E-state index contributed by atoms with van der Waals surface area (Å²) >= 11 is 0. The SMILES string of the molecule is Br.Br.C1CN2CCN3CCCN4CCN(C1)C2=C34.C=C1CN2CCN3CCN4C(C32)N1C(=C)C41c2ccccc21. The monoisotopic (exact) mass is 672 g/mol. The van der Waals surface area contributed by atoms with Crippen molar-refractivity contribution in [2.75, 3.05) is 85.1 Å². The van der Waals surface area contributed by atoms with Crippen LogP contribution >= 0.6 is 34.0 Å². The van der Waals surface area contributed by atoms with Gasteiger partial charge in [-0.2, -0.15) is 0 Å². The lowest BCUT2D eigenvalue weighted by molar-refractivity contribution is -0.0668. The van der Waals surface area contributed by atoms with Gasteiger partial charge in [-0.15, -0.1) is 34.0 Å². The van der Waals surface area contributed by atoms with Crippen molar-refractivity contribution in [3.05, 3.63) is 71.6 Å². The minimum atomic E-state index is -0.0260. The summed E-state index contributed by atoms with van der Waals surface area (Å²) < 4.78 is 0. The molecule has 0 bridgehead atoms. The lowest BCUT2D eigenvalue weighted by Crippen LogP contribution is -2.66. The molecule has 40 heavy (non-hydrogen) atoms. The van der Waals surface area contributed by atoms with Crippen molar-refractivity contribution in [3.8, 4) is 0 Å². The van der Waals surface area contributed by atoms with Crippen LogP contribution in [0.2, 0.25) is 0 Å². The van der Waals surface area contributed by atoms with Gasteiger partial charge in [0, 0.05) is 96.5 Å². The maximum atomic E-state index is 4.54. The van der Waals surface area contributed by atoms with E-state index < -0.39 is 0 Å². The predicted molar refractivity (Wildman–Crippen MR) is 168 cm³/mol. The summed E-state index contributed by atoms with van der Waals surface area (Å²) in [4.78, 5) is 20.9. The Morgan fingerprint density at radius 3 is 1.65 bits per heavy atom. The average molecular weight is 675 g/mol. The van der Waals surface area contributed by atoms with E-state index >= 15 is 0 Å². The maximum absolute atomic E-state index is 4.54. The van der Waals surface area contributed by atoms with Crippen LogP contribution in [0.5, 0.6) is 0 Å². The fourth-order valence-corrected chi connectivity index (χ4v) is 9.20. The molecule has 10 rings (SSSR count). The van der Waals surface area contributed by atoms with Crippen LogP contribution < -0.4 is 0 Å². The molecule has 0 aromatic heterocycles. The van der Waals surface area contributed by atoms with Gasteiger partial charge in [0.1, 0.15) is 23.3 Å². The Bertz CT molecular complexity index is 1180. The van der Waals surface area contributed by atoms with Crippen molar-refractivity contribution in [1.29, 1.82) is 0 Å².